The van der Waals surface area contributed by atoms with Crippen molar-refractivity contribution in [1.82, 2.24) is 5.32 Å². The number of alkyl carbamates (subject to hydrolysis) is 1. The molecule has 0 aliphatic rings. The first-order valence-corrected chi connectivity index (χ1v) is 6.00. The minimum absolute atomic E-state index is 0.454. The molecule has 1 amide bonds. The molecular formula is C12H27NO4. The van der Waals surface area contributed by atoms with E-state index in [4.69, 9.17) is 9.47 Å². The summed E-state index contributed by atoms with van der Waals surface area (Å²) in [6.45, 7) is 11.2. The van der Waals surface area contributed by atoms with Crippen molar-refractivity contribution >= 4 is 6.09 Å². The summed E-state index contributed by atoms with van der Waals surface area (Å²) in [5.74, 6) is 0. The van der Waals surface area contributed by atoms with Crippen LogP contribution in [0.2, 0.25) is 0 Å². The number of methoxy groups -OCH3 is 1. The van der Waals surface area contributed by atoms with Gasteiger partial charge in [0.1, 0.15) is 5.60 Å². The number of aliphatic hydroxyl groups is 1. The number of hydrogen-bond acceptors (Lipinski definition) is 4. The summed E-state index contributed by atoms with van der Waals surface area (Å²) in [7, 11) is 1.38. The molecule has 0 spiro atoms. The summed E-state index contributed by atoms with van der Waals surface area (Å²) in [6, 6.07) is -0.454. The Labute approximate surface area is 104 Å². The summed E-state index contributed by atoms with van der Waals surface area (Å²) in [4.78, 5) is 11.3. The van der Waals surface area contributed by atoms with Crippen molar-refractivity contribution in [3.63, 3.8) is 0 Å². The number of rotatable bonds is 4. The molecular weight excluding hydrogens is 222 g/mol. The largest absolute Gasteiger partial charge is 0.444 e. The van der Waals surface area contributed by atoms with Crippen molar-refractivity contribution in [2.45, 2.75) is 65.9 Å². The zero-order valence-corrected chi connectivity index (χ0v) is 12.0. The lowest BCUT2D eigenvalue weighted by molar-refractivity contribution is -0.0976. The standard InChI is InChI=1S/C10H21NO4.C2H6/c1-6-7(8(12)14-5)11-9(13)15-10(2,3)4;1-2/h7-8,12H,6H2,1-5H3,(H,11,13);1-2H3. The van der Waals surface area contributed by atoms with Crippen LogP contribution >= 0.6 is 0 Å². The van der Waals surface area contributed by atoms with E-state index in [0.717, 1.165) is 0 Å². The molecule has 0 aromatic carbocycles. The Balaban J connectivity index is 0. The molecule has 104 valence electrons. The Hall–Kier alpha value is -0.810. The molecule has 17 heavy (non-hydrogen) atoms. The Bertz CT molecular complexity index is 201. The number of ether oxygens (including phenoxy) is 2. The highest BCUT2D eigenvalue weighted by Crippen LogP contribution is 2.08. The molecule has 0 bridgehead atoms. The van der Waals surface area contributed by atoms with E-state index in [1.54, 1.807) is 20.8 Å². The molecule has 2 unspecified atom stereocenters. The molecule has 0 aromatic heterocycles. The fourth-order valence-electron chi connectivity index (χ4n) is 0.998. The van der Waals surface area contributed by atoms with Gasteiger partial charge in [0.2, 0.25) is 0 Å². The third kappa shape index (κ3) is 10.1. The van der Waals surface area contributed by atoms with Crippen LogP contribution in [0, 0.1) is 0 Å². The first-order valence-electron chi connectivity index (χ1n) is 6.00. The third-order valence-corrected chi connectivity index (χ3v) is 1.73. The van der Waals surface area contributed by atoms with E-state index in [0.29, 0.717) is 6.42 Å². The fourth-order valence-corrected chi connectivity index (χ4v) is 0.998. The second kappa shape index (κ2) is 9.24. The fraction of sp³-hybridized carbons (Fsp3) is 0.917. The second-order valence-electron chi connectivity index (χ2n) is 4.29. The smallest absolute Gasteiger partial charge is 0.408 e. The Morgan fingerprint density at radius 1 is 1.35 bits per heavy atom. The predicted molar refractivity (Wildman–Crippen MR) is 67.8 cm³/mol. The maximum atomic E-state index is 11.3. The van der Waals surface area contributed by atoms with E-state index >= 15 is 0 Å². The van der Waals surface area contributed by atoms with Gasteiger partial charge in [0.05, 0.1) is 6.04 Å². The van der Waals surface area contributed by atoms with Crippen LogP contribution < -0.4 is 5.32 Å². The van der Waals surface area contributed by atoms with E-state index in [9.17, 15) is 9.90 Å². The van der Waals surface area contributed by atoms with Crippen LogP contribution in [-0.2, 0) is 9.47 Å². The molecule has 5 nitrogen and oxygen atoms in total. The number of amides is 1. The zero-order valence-electron chi connectivity index (χ0n) is 12.0. The SMILES string of the molecule is CC.CCC(NC(=O)OC(C)(C)C)C(O)OC. The van der Waals surface area contributed by atoms with Crippen molar-refractivity contribution in [3.8, 4) is 0 Å². The van der Waals surface area contributed by atoms with Gasteiger partial charge in [0, 0.05) is 7.11 Å². The molecule has 0 aliphatic carbocycles. The van der Waals surface area contributed by atoms with Gasteiger partial charge in [-0.05, 0) is 27.2 Å². The Morgan fingerprint density at radius 3 is 2.12 bits per heavy atom. The lowest BCUT2D eigenvalue weighted by Crippen LogP contribution is -2.45. The van der Waals surface area contributed by atoms with E-state index in [1.807, 2.05) is 20.8 Å². The van der Waals surface area contributed by atoms with Crippen molar-refractivity contribution in [1.29, 1.82) is 0 Å². The minimum Gasteiger partial charge on any atom is -0.444 e. The summed E-state index contributed by atoms with van der Waals surface area (Å²) in [6.07, 6.45) is -0.998. The normalized spacial score (nSPS) is 14.1. The van der Waals surface area contributed by atoms with Gasteiger partial charge in [-0.15, -0.1) is 0 Å². The highest BCUT2D eigenvalue weighted by Gasteiger charge is 2.22. The third-order valence-electron chi connectivity index (χ3n) is 1.73. The molecule has 0 saturated heterocycles. The number of nitrogens with one attached hydrogen (secondary N) is 1. The van der Waals surface area contributed by atoms with Gasteiger partial charge in [-0.2, -0.15) is 0 Å². The first-order chi connectivity index (χ1) is 7.80. The molecule has 0 radical (unpaired) electrons. The topological polar surface area (TPSA) is 67.8 Å². The molecule has 0 saturated carbocycles. The van der Waals surface area contributed by atoms with Crippen LogP contribution in [0.25, 0.3) is 0 Å². The van der Waals surface area contributed by atoms with Crippen molar-refractivity contribution < 1.29 is 19.4 Å². The van der Waals surface area contributed by atoms with Crippen molar-refractivity contribution in [3.05, 3.63) is 0 Å². The molecule has 2 N–H and O–H groups in total. The predicted octanol–water partition coefficient (Wildman–Crippen LogP) is 2.28. The minimum atomic E-state index is -1.01. The van der Waals surface area contributed by atoms with E-state index in [-0.39, 0.29) is 0 Å². The lowest BCUT2D eigenvalue weighted by Gasteiger charge is -2.25. The maximum Gasteiger partial charge on any atom is 0.408 e. The molecule has 0 aromatic rings. The highest BCUT2D eigenvalue weighted by molar-refractivity contribution is 5.68. The monoisotopic (exact) mass is 249 g/mol. The van der Waals surface area contributed by atoms with E-state index < -0.39 is 24.0 Å². The second-order valence-corrected chi connectivity index (χ2v) is 4.29. The maximum absolute atomic E-state index is 11.3. The molecule has 0 rings (SSSR count). The number of carbonyl (C=O) groups excluding carboxylic acids is 1. The summed E-state index contributed by atoms with van der Waals surface area (Å²) >= 11 is 0. The van der Waals surface area contributed by atoms with Crippen LogP contribution in [-0.4, -0.2) is 36.2 Å². The number of hydrogen-bond donors (Lipinski definition) is 2. The van der Waals surface area contributed by atoms with Gasteiger partial charge < -0.3 is 19.9 Å². The van der Waals surface area contributed by atoms with Crippen LogP contribution in [0.4, 0.5) is 4.79 Å². The highest BCUT2D eigenvalue weighted by atomic mass is 16.6. The number of aliphatic hydroxyl groups excluding tert-OH is 1. The van der Waals surface area contributed by atoms with Crippen LogP contribution in [0.1, 0.15) is 48.0 Å². The van der Waals surface area contributed by atoms with Crippen LogP contribution in [0.15, 0.2) is 0 Å². The molecule has 5 heteroatoms. The zero-order chi connectivity index (χ0) is 14.1. The van der Waals surface area contributed by atoms with Gasteiger partial charge in [-0.3, -0.25) is 0 Å². The van der Waals surface area contributed by atoms with E-state index in [1.165, 1.54) is 7.11 Å². The molecule has 0 heterocycles. The van der Waals surface area contributed by atoms with Crippen LogP contribution in [0.3, 0.4) is 0 Å². The molecule has 0 fully saturated rings. The van der Waals surface area contributed by atoms with Crippen LogP contribution in [0.5, 0.6) is 0 Å². The van der Waals surface area contributed by atoms with Crippen molar-refractivity contribution in [2.24, 2.45) is 0 Å². The summed E-state index contributed by atoms with van der Waals surface area (Å²) in [5.41, 5.74) is -0.541. The lowest BCUT2D eigenvalue weighted by atomic mass is 10.2. The van der Waals surface area contributed by atoms with Gasteiger partial charge in [-0.25, -0.2) is 4.79 Å². The summed E-state index contributed by atoms with van der Waals surface area (Å²) in [5, 5.41) is 11.9. The van der Waals surface area contributed by atoms with E-state index in [2.05, 4.69) is 5.32 Å². The first kappa shape index (κ1) is 18.6. The van der Waals surface area contributed by atoms with Gasteiger partial charge >= 0.3 is 6.09 Å². The quantitative estimate of drug-likeness (QED) is 0.750. The van der Waals surface area contributed by atoms with Crippen molar-refractivity contribution in [2.75, 3.05) is 7.11 Å². The van der Waals surface area contributed by atoms with Gasteiger partial charge in [0.25, 0.3) is 0 Å². The van der Waals surface area contributed by atoms with Gasteiger partial charge in [0.15, 0.2) is 6.29 Å². The van der Waals surface area contributed by atoms with Gasteiger partial charge in [-0.1, -0.05) is 20.8 Å². The molecule has 2 atom stereocenters. The molecule has 0 aliphatic heterocycles. The number of carbonyl (C=O) groups is 1. The summed E-state index contributed by atoms with van der Waals surface area (Å²) < 4.78 is 9.77. The Kier molecular flexibility index (Phi) is 10.1. The Morgan fingerprint density at radius 2 is 1.82 bits per heavy atom. The average molecular weight is 249 g/mol. The average Bonchev–Trinajstić information content (AvgIpc) is 2.25.